The molecule has 0 aromatic heterocycles. The third kappa shape index (κ3) is 2.89. The number of primary sulfonamides is 1. The molecule has 0 aliphatic heterocycles. The highest BCUT2D eigenvalue weighted by atomic mass is 32.2. The van der Waals surface area contributed by atoms with E-state index in [0.717, 1.165) is 0 Å². The van der Waals surface area contributed by atoms with Gasteiger partial charge in [0.15, 0.2) is 11.6 Å². The van der Waals surface area contributed by atoms with Crippen molar-refractivity contribution in [3.8, 4) is 11.5 Å². The molecule has 2 aromatic rings. The first-order valence-electron chi connectivity index (χ1n) is 5.64. The molecule has 0 unspecified atom stereocenters. The van der Waals surface area contributed by atoms with E-state index in [1.807, 2.05) is 0 Å². The molecule has 0 bridgehead atoms. The number of nitrogen functional groups attached to an aromatic ring is 1. The third-order valence-corrected chi connectivity index (χ3v) is 3.66. The molecule has 0 spiro atoms. The predicted molar refractivity (Wildman–Crippen MR) is 73.4 cm³/mol. The molecule has 20 heavy (non-hydrogen) atoms. The van der Waals surface area contributed by atoms with E-state index < -0.39 is 15.8 Å². The number of anilines is 1. The van der Waals surface area contributed by atoms with Gasteiger partial charge >= 0.3 is 0 Å². The van der Waals surface area contributed by atoms with Gasteiger partial charge in [-0.1, -0.05) is 12.1 Å². The number of hydrogen-bond acceptors (Lipinski definition) is 4. The minimum Gasteiger partial charge on any atom is -0.454 e. The second kappa shape index (κ2) is 5.10. The molecule has 0 fully saturated rings. The first-order chi connectivity index (χ1) is 9.29. The average Bonchev–Trinajstić information content (AvgIpc) is 2.33. The summed E-state index contributed by atoms with van der Waals surface area (Å²) in [7, 11) is -3.89. The Morgan fingerprint density at radius 3 is 2.50 bits per heavy atom. The molecule has 106 valence electrons. The SMILES string of the molecule is Cc1cccc(Oc2ccc(S(N)(=O)=O)c(N)c2)c1F. The lowest BCUT2D eigenvalue weighted by atomic mass is 10.2. The number of ether oxygens (including phenoxy) is 1. The number of benzene rings is 2. The Morgan fingerprint density at radius 2 is 1.90 bits per heavy atom. The summed E-state index contributed by atoms with van der Waals surface area (Å²) in [5, 5.41) is 5.00. The van der Waals surface area contributed by atoms with Gasteiger partial charge in [0.1, 0.15) is 10.6 Å². The van der Waals surface area contributed by atoms with Crippen molar-refractivity contribution in [3.05, 3.63) is 47.8 Å². The molecule has 0 heterocycles. The van der Waals surface area contributed by atoms with E-state index in [1.165, 1.54) is 24.3 Å². The Kier molecular flexibility index (Phi) is 3.65. The average molecular weight is 296 g/mol. The minimum absolute atomic E-state index is 0.0350. The Balaban J connectivity index is 2.36. The number of nitrogens with two attached hydrogens (primary N) is 2. The van der Waals surface area contributed by atoms with Crippen LogP contribution in [0.1, 0.15) is 5.56 Å². The molecule has 2 aromatic carbocycles. The minimum atomic E-state index is -3.89. The zero-order valence-electron chi connectivity index (χ0n) is 10.6. The van der Waals surface area contributed by atoms with Crippen LogP contribution < -0.4 is 15.6 Å². The predicted octanol–water partition coefficient (Wildman–Crippen LogP) is 2.16. The van der Waals surface area contributed by atoms with E-state index in [-0.39, 0.29) is 22.1 Å². The van der Waals surface area contributed by atoms with Crippen LogP contribution in [0, 0.1) is 12.7 Å². The summed E-state index contributed by atoms with van der Waals surface area (Å²) in [6.45, 7) is 1.61. The molecule has 2 rings (SSSR count). The summed E-state index contributed by atoms with van der Waals surface area (Å²) < 4.78 is 41.6. The van der Waals surface area contributed by atoms with Gasteiger partial charge in [-0.15, -0.1) is 0 Å². The molecule has 7 heteroatoms. The summed E-state index contributed by atoms with van der Waals surface area (Å²) in [5.74, 6) is -0.228. The molecule has 0 radical (unpaired) electrons. The molecule has 5 nitrogen and oxygen atoms in total. The first-order valence-corrected chi connectivity index (χ1v) is 7.19. The Hall–Kier alpha value is -2.12. The van der Waals surface area contributed by atoms with Crippen LogP contribution in [-0.4, -0.2) is 8.42 Å². The third-order valence-electron chi connectivity index (χ3n) is 2.67. The number of hydrogen-bond donors (Lipinski definition) is 2. The van der Waals surface area contributed by atoms with Crippen LogP contribution in [0.25, 0.3) is 0 Å². The van der Waals surface area contributed by atoms with Gasteiger partial charge in [0.05, 0.1) is 5.69 Å². The fourth-order valence-corrected chi connectivity index (χ4v) is 2.32. The topological polar surface area (TPSA) is 95.4 Å². The maximum Gasteiger partial charge on any atom is 0.240 e. The van der Waals surface area contributed by atoms with Crippen molar-refractivity contribution < 1.29 is 17.5 Å². The van der Waals surface area contributed by atoms with Crippen LogP contribution >= 0.6 is 0 Å². The first kappa shape index (κ1) is 14.3. The highest BCUT2D eigenvalue weighted by Gasteiger charge is 2.14. The van der Waals surface area contributed by atoms with E-state index in [4.69, 9.17) is 15.6 Å². The van der Waals surface area contributed by atoms with E-state index in [0.29, 0.717) is 5.56 Å². The van der Waals surface area contributed by atoms with E-state index in [9.17, 15) is 12.8 Å². The normalized spacial score (nSPS) is 11.3. The van der Waals surface area contributed by atoms with Gasteiger partial charge < -0.3 is 10.5 Å². The van der Waals surface area contributed by atoms with Gasteiger partial charge in [-0.05, 0) is 30.7 Å². The standard InChI is InChI=1S/C13H13FN2O3S/c1-8-3-2-4-11(13(8)14)19-9-5-6-12(10(15)7-9)20(16,17)18/h2-7H,15H2,1H3,(H2,16,17,18). The number of halogens is 1. The summed E-state index contributed by atoms with van der Waals surface area (Å²) in [6.07, 6.45) is 0. The highest BCUT2D eigenvalue weighted by molar-refractivity contribution is 7.89. The Morgan fingerprint density at radius 1 is 1.20 bits per heavy atom. The fourth-order valence-electron chi connectivity index (χ4n) is 1.68. The van der Waals surface area contributed by atoms with E-state index in [2.05, 4.69) is 0 Å². The van der Waals surface area contributed by atoms with E-state index in [1.54, 1.807) is 19.1 Å². The number of rotatable bonds is 3. The summed E-state index contributed by atoms with van der Waals surface area (Å²) in [4.78, 5) is -0.199. The van der Waals surface area contributed by atoms with Crippen LogP contribution in [0.15, 0.2) is 41.3 Å². The van der Waals surface area contributed by atoms with Crippen molar-refractivity contribution in [2.45, 2.75) is 11.8 Å². The smallest absolute Gasteiger partial charge is 0.240 e. The molecule has 0 amide bonds. The number of aryl methyl sites for hydroxylation is 1. The van der Waals surface area contributed by atoms with Crippen molar-refractivity contribution in [2.75, 3.05) is 5.73 Å². The highest BCUT2D eigenvalue weighted by Crippen LogP contribution is 2.29. The molecule has 0 aliphatic carbocycles. The van der Waals surface area contributed by atoms with Gasteiger partial charge in [0.2, 0.25) is 10.0 Å². The van der Waals surface area contributed by atoms with Crippen molar-refractivity contribution in [1.29, 1.82) is 0 Å². The van der Waals surface area contributed by atoms with Crippen molar-refractivity contribution >= 4 is 15.7 Å². The second-order valence-corrected chi connectivity index (χ2v) is 5.76. The van der Waals surface area contributed by atoms with Crippen LogP contribution in [0.4, 0.5) is 10.1 Å². The summed E-state index contributed by atoms with van der Waals surface area (Å²) in [6, 6.07) is 8.58. The van der Waals surface area contributed by atoms with Crippen LogP contribution in [0.3, 0.4) is 0 Å². The summed E-state index contributed by atoms with van der Waals surface area (Å²) in [5.41, 5.74) is 5.98. The van der Waals surface area contributed by atoms with Crippen molar-refractivity contribution in [2.24, 2.45) is 5.14 Å². The quantitative estimate of drug-likeness (QED) is 0.848. The summed E-state index contributed by atoms with van der Waals surface area (Å²) >= 11 is 0. The zero-order chi connectivity index (χ0) is 14.9. The molecule has 0 saturated heterocycles. The Labute approximate surface area is 116 Å². The molecular weight excluding hydrogens is 283 g/mol. The van der Waals surface area contributed by atoms with E-state index >= 15 is 0 Å². The molecule has 0 atom stereocenters. The molecule has 0 saturated carbocycles. The maximum atomic E-state index is 13.8. The molecular formula is C13H13FN2O3S. The lowest BCUT2D eigenvalue weighted by molar-refractivity contribution is 0.440. The van der Waals surface area contributed by atoms with Crippen LogP contribution in [-0.2, 0) is 10.0 Å². The van der Waals surface area contributed by atoms with Gasteiger partial charge in [-0.25, -0.2) is 17.9 Å². The molecule has 0 aliphatic rings. The zero-order valence-corrected chi connectivity index (χ0v) is 11.4. The monoisotopic (exact) mass is 296 g/mol. The van der Waals surface area contributed by atoms with Crippen LogP contribution in [0.5, 0.6) is 11.5 Å². The largest absolute Gasteiger partial charge is 0.454 e. The van der Waals surface area contributed by atoms with Crippen molar-refractivity contribution in [1.82, 2.24) is 0 Å². The fraction of sp³-hybridized carbons (Fsp3) is 0.0769. The maximum absolute atomic E-state index is 13.8. The van der Waals surface area contributed by atoms with Gasteiger partial charge in [-0.2, -0.15) is 0 Å². The van der Waals surface area contributed by atoms with Gasteiger partial charge in [0, 0.05) is 6.07 Å². The second-order valence-electron chi connectivity index (χ2n) is 4.23. The lowest BCUT2D eigenvalue weighted by Gasteiger charge is -2.10. The Bertz CT molecular complexity index is 760. The molecule has 4 N–H and O–H groups in total. The number of sulfonamides is 1. The van der Waals surface area contributed by atoms with Crippen molar-refractivity contribution in [3.63, 3.8) is 0 Å². The lowest BCUT2D eigenvalue weighted by Crippen LogP contribution is -2.14. The van der Waals surface area contributed by atoms with Gasteiger partial charge in [-0.3, -0.25) is 0 Å². The van der Waals surface area contributed by atoms with Gasteiger partial charge in [0.25, 0.3) is 0 Å². The van der Waals surface area contributed by atoms with Crippen LogP contribution in [0.2, 0.25) is 0 Å².